The Kier molecular flexibility index (Phi) is 10.3. The molecule has 6 nitrogen and oxygen atoms in total. The average molecular weight is 350 g/mol. The van der Waals surface area contributed by atoms with E-state index in [2.05, 4.69) is 18.7 Å². The van der Waals surface area contributed by atoms with Crippen LogP contribution in [0, 0.1) is 0 Å². The number of carbonyl (C=O) groups excluding carboxylic acids is 2. The Bertz CT molecular complexity index is 503. The Hall–Kier alpha value is -2.08. The van der Waals surface area contributed by atoms with Crippen molar-refractivity contribution in [2.45, 2.75) is 27.2 Å². The third kappa shape index (κ3) is 8.54. The number of carbonyl (C=O) groups is 2. The molecular weight excluding hydrogens is 320 g/mol. The fraction of sp³-hybridized carbons (Fsp3) is 0.579. The first-order valence-corrected chi connectivity index (χ1v) is 8.94. The van der Waals surface area contributed by atoms with Crippen molar-refractivity contribution in [1.82, 2.24) is 9.80 Å². The first-order chi connectivity index (χ1) is 12.1. The van der Waals surface area contributed by atoms with Crippen LogP contribution in [-0.2, 0) is 14.3 Å². The van der Waals surface area contributed by atoms with Crippen LogP contribution in [0.5, 0.6) is 5.75 Å². The normalized spacial score (nSPS) is 10.6. The number of benzene rings is 1. The molecule has 1 aromatic rings. The van der Waals surface area contributed by atoms with E-state index in [1.807, 2.05) is 30.3 Å². The van der Waals surface area contributed by atoms with E-state index in [0.29, 0.717) is 25.4 Å². The third-order valence-electron chi connectivity index (χ3n) is 3.93. The molecule has 0 fully saturated rings. The van der Waals surface area contributed by atoms with Gasteiger partial charge in [-0.05, 0) is 32.1 Å². The number of likely N-dealkylation sites (N-methyl/N-ethyl adjacent to an activating group) is 1. The summed E-state index contributed by atoms with van der Waals surface area (Å²) in [5.41, 5.74) is 0. The minimum Gasteiger partial charge on any atom is -0.484 e. The Balaban J connectivity index is 2.57. The molecule has 1 amide bonds. The molecule has 0 saturated heterocycles. The van der Waals surface area contributed by atoms with Crippen LogP contribution < -0.4 is 4.74 Å². The maximum Gasteiger partial charge on any atom is 0.307 e. The molecule has 0 heterocycles. The van der Waals surface area contributed by atoms with Crippen LogP contribution in [0.15, 0.2) is 30.3 Å². The third-order valence-corrected chi connectivity index (χ3v) is 3.93. The van der Waals surface area contributed by atoms with Crippen LogP contribution in [-0.4, -0.2) is 67.6 Å². The average Bonchev–Trinajstić information content (AvgIpc) is 2.64. The van der Waals surface area contributed by atoms with E-state index in [9.17, 15) is 9.59 Å². The van der Waals surface area contributed by atoms with Gasteiger partial charge in [0.05, 0.1) is 13.0 Å². The predicted molar refractivity (Wildman–Crippen MR) is 97.6 cm³/mol. The van der Waals surface area contributed by atoms with Crippen LogP contribution in [0.4, 0.5) is 0 Å². The highest BCUT2D eigenvalue weighted by molar-refractivity contribution is 5.78. The number of hydrogen-bond donors (Lipinski definition) is 0. The molecule has 1 rings (SSSR count). The molecule has 0 aliphatic carbocycles. The highest BCUT2D eigenvalue weighted by Gasteiger charge is 2.17. The van der Waals surface area contributed by atoms with Gasteiger partial charge >= 0.3 is 5.97 Å². The van der Waals surface area contributed by atoms with Gasteiger partial charge in [-0.15, -0.1) is 0 Å². The smallest absolute Gasteiger partial charge is 0.307 e. The van der Waals surface area contributed by atoms with E-state index < -0.39 is 0 Å². The molecule has 0 aliphatic heterocycles. The molecule has 0 spiro atoms. The van der Waals surface area contributed by atoms with Crippen LogP contribution in [0.1, 0.15) is 27.2 Å². The van der Waals surface area contributed by atoms with Gasteiger partial charge in [-0.2, -0.15) is 0 Å². The Morgan fingerprint density at radius 2 is 1.64 bits per heavy atom. The van der Waals surface area contributed by atoms with E-state index in [1.165, 1.54) is 0 Å². The van der Waals surface area contributed by atoms with Crippen molar-refractivity contribution >= 4 is 11.9 Å². The largest absolute Gasteiger partial charge is 0.484 e. The Morgan fingerprint density at radius 1 is 0.960 bits per heavy atom. The summed E-state index contributed by atoms with van der Waals surface area (Å²) in [7, 11) is 0. The molecule has 1 aromatic carbocycles. The lowest BCUT2D eigenvalue weighted by molar-refractivity contribution is -0.144. The van der Waals surface area contributed by atoms with Crippen molar-refractivity contribution in [2.24, 2.45) is 0 Å². The Morgan fingerprint density at radius 3 is 2.24 bits per heavy atom. The molecule has 0 bridgehead atoms. The maximum absolute atomic E-state index is 12.5. The van der Waals surface area contributed by atoms with E-state index in [4.69, 9.17) is 9.47 Å². The molecule has 0 unspecified atom stereocenters. The minimum atomic E-state index is -0.285. The molecule has 0 atom stereocenters. The topological polar surface area (TPSA) is 59.1 Å². The van der Waals surface area contributed by atoms with Crippen molar-refractivity contribution in [3.8, 4) is 5.75 Å². The summed E-state index contributed by atoms with van der Waals surface area (Å²) >= 11 is 0. The lowest BCUT2D eigenvalue weighted by Gasteiger charge is -2.26. The van der Waals surface area contributed by atoms with Crippen LogP contribution in [0.25, 0.3) is 0 Å². The van der Waals surface area contributed by atoms with Gasteiger partial charge in [-0.25, -0.2) is 0 Å². The number of hydrogen-bond acceptors (Lipinski definition) is 5. The minimum absolute atomic E-state index is 0.0366. The Labute approximate surface area is 150 Å². The fourth-order valence-electron chi connectivity index (χ4n) is 2.38. The van der Waals surface area contributed by atoms with Crippen molar-refractivity contribution in [3.05, 3.63) is 30.3 Å². The molecule has 6 heteroatoms. The molecular formula is C19H30N2O4. The van der Waals surface area contributed by atoms with Crippen molar-refractivity contribution in [3.63, 3.8) is 0 Å². The monoisotopic (exact) mass is 350 g/mol. The van der Waals surface area contributed by atoms with Crippen molar-refractivity contribution < 1.29 is 19.1 Å². The number of ether oxygens (including phenoxy) is 2. The SMILES string of the molecule is CCOC(=O)CCN(CCN(CC)CC)C(=O)COc1ccccc1. The fourth-order valence-corrected chi connectivity index (χ4v) is 2.38. The molecule has 25 heavy (non-hydrogen) atoms. The standard InChI is InChI=1S/C19H30N2O4/c1-4-20(5-2)14-15-21(13-12-19(23)24-6-3)18(22)16-25-17-10-8-7-9-11-17/h7-11H,4-6,12-16H2,1-3H3. The number of esters is 1. The quantitative estimate of drug-likeness (QED) is 0.541. The highest BCUT2D eigenvalue weighted by Crippen LogP contribution is 2.08. The van der Waals surface area contributed by atoms with Crippen molar-refractivity contribution in [1.29, 1.82) is 0 Å². The first kappa shape index (κ1) is 21.0. The second-order valence-corrected chi connectivity index (χ2v) is 5.56. The number of amides is 1. The lowest BCUT2D eigenvalue weighted by atomic mass is 10.3. The predicted octanol–water partition coefficient (Wildman–Crippen LogP) is 2.19. The molecule has 0 saturated carbocycles. The van der Waals surface area contributed by atoms with Gasteiger partial charge in [0.1, 0.15) is 5.75 Å². The van der Waals surface area contributed by atoms with E-state index in [-0.39, 0.29) is 24.9 Å². The highest BCUT2D eigenvalue weighted by atomic mass is 16.5. The second-order valence-electron chi connectivity index (χ2n) is 5.56. The van der Waals surface area contributed by atoms with Gasteiger partial charge in [0.25, 0.3) is 5.91 Å². The van der Waals surface area contributed by atoms with Gasteiger partial charge in [0, 0.05) is 19.6 Å². The zero-order valence-corrected chi connectivity index (χ0v) is 15.6. The van der Waals surface area contributed by atoms with Crippen LogP contribution in [0.2, 0.25) is 0 Å². The zero-order valence-electron chi connectivity index (χ0n) is 15.6. The van der Waals surface area contributed by atoms with Gasteiger partial charge in [0.2, 0.25) is 0 Å². The van der Waals surface area contributed by atoms with E-state index in [1.54, 1.807) is 11.8 Å². The zero-order chi connectivity index (χ0) is 18.5. The second kappa shape index (κ2) is 12.3. The van der Waals surface area contributed by atoms with Crippen LogP contribution in [0.3, 0.4) is 0 Å². The molecule has 0 N–H and O–H groups in total. The van der Waals surface area contributed by atoms with E-state index in [0.717, 1.165) is 19.6 Å². The summed E-state index contributed by atoms with van der Waals surface area (Å²) in [6.07, 6.45) is 0.198. The van der Waals surface area contributed by atoms with Crippen molar-refractivity contribution in [2.75, 3.05) is 45.9 Å². The molecule has 0 aromatic heterocycles. The number of para-hydroxylation sites is 1. The summed E-state index contributed by atoms with van der Waals surface area (Å²) in [4.78, 5) is 28.0. The number of nitrogens with zero attached hydrogens (tertiary/aromatic N) is 2. The van der Waals surface area contributed by atoms with Gasteiger partial charge < -0.3 is 19.3 Å². The van der Waals surface area contributed by atoms with Gasteiger partial charge in [-0.1, -0.05) is 32.0 Å². The number of rotatable bonds is 12. The molecule has 0 radical (unpaired) electrons. The van der Waals surface area contributed by atoms with Crippen LogP contribution >= 0.6 is 0 Å². The summed E-state index contributed by atoms with van der Waals surface area (Å²) in [5.74, 6) is 0.248. The van der Waals surface area contributed by atoms with Gasteiger partial charge in [0.15, 0.2) is 6.61 Å². The summed E-state index contributed by atoms with van der Waals surface area (Å²) in [5, 5.41) is 0. The van der Waals surface area contributed by atoms with E-state index >= 15 is 0 Å². The molecule has 0 aliphatic rings. The lowest BCUT2D eigenvalue weighted by Crippen LogP contribution is -2.42. The summed E-state index contributed by atoms with van der Waals surface area (Å²) in [6, 6.07) is 9.24. The first-order valence-electron chi connectivity index (χ1n) is 8.94. The maximum atomic E-state index is 12.5. The van der Waals surface area contributed by atoms with Gasteiger partial charge in [-0.3, -0.25) is 9.59 Å². The summed E-state index contributed by atoms with van der Waals surface area (Å²) < 4.78 is 10.5. The molecule has 140 valence electrons. The summed E-state index contributed by atoms with van der Waals surface area (Å²) in [6.45, 7) is 9.80.